The predicted octanol–water partition coefficient (Wildman–Crippen LogP) is 5.11. The summed E-state index contributed by atoms with van der Waals surface area (Å²) in [6, 6.07) is 21.9. The van der Waals surface area contributed by atoms with Gasteiger partial charge in [0, 0.05) is 23.9 Å². The predicted molar refractivity (Wildman–Crippen MR) is 119 cm³/mol. The van der Waals surface area contributed by atoms with Gasteiger partial charge in [0.15, 0.2) is 5.69 Å². The fourth-order valence-corrected chi connectivity index (χ4v) is 3.20. The van der Waals surface area contributed by atoms with Gasteiger partial charge in [-0.25, -0.2) is 0 Å². The molecule has 0 spiro atoms. The van der Waals surface area contributed by atoms with Gasteiger partial charge in [-0.05, 0) is 29.7 Å². The third-order valence-corrected chi connectivity index (χ3v) is 4.98. The highest BCUT2D eigenvalue weighted by Crippen LogP contribution is 2.31. The summed E-state index contributed by atoms with van der Waals surface area (Å²) in [6.45, 7) is 7.81. The number of nitrogens with zero attached hydrogens (tertiary/aromatic N) is 3. The van der Waals surface area contributed by atoms with Crippen LogP contribution in [0, 0.1) is 23.7 Å². The number of carbonyl (C=O) groups is 1. The summed E-state index contributed by atoms with van der Waals surface area (Å²) >= 11 is 0. The normalized spacial score (nSPS) is 12.1. The quantitative estimate of drug-likeness (QED) is 0.621. The average molecular weight is 399 g/mol. The van der Waals surface area contributed by atoms with Gasteiger partial charge in [0.25, 0.3) is 5.91 Å². The number of nitrogens with one attached hydrogen (secondary N) is 1. The molecule has 1 N–H and O–H groups in total. The van der Waals surface area contributed by atoms with Crippen LogP contribution in [0.15, 0.2) is 66.4 Å². The van der Waals surface area contributed by atoms with E-state index in [4.69, 9.17) is 0 Å². The molecule has 0 fully saturated rings. The van der Waals surface area contributed by atoms with Crippen LogP contribution in [0.25, 0.3) is 16.7 Å². The van der Waals surface area contributed by atoms with Crippen LogP contribution in [0.1, 0.15) is 42.5 Å². The maximum atomic E-state index is 12.8. The van der Waals surface area contributed by atoms with E-state index in [9.17, 15) is 10.1 Å². The summed E-state index contributed by atoms with van der Waals surface area (Å²) < 4.78 is 1.66. The van der Waals surface area contributed by atoms with Crippen LogP contribution in [-0.4, -0.2) is 15.7 Å². The van der Waals surface area contributed by atoms with Crippen LogP contribution in [0.5, 0.6) is 0 Å². The van der Waals surface area contributed by atoms with Crippen molar-refractivity contribution < 1.29 is 4.79 Å². The highest BCUT2D eigenvalue weighted by Gasteiger charge is 2.26. The first kappa shape index (κ1) is 21.1. The zero-order valence-corrected chi connectivity index (χ0v) is 18.0. The Bertz CT molecular complexity index is 1110. The van der Waals surface area contributed by atoms with Crippen molar-refractivity contribution in [2.75, 3.05) is 0 Å². The monoisotopic (exact) mass is 398 g/mol. The van der Waals surface area contributed by atoms with Gasteiger partial charge in [0.05, 0.1) is 5.57 Å². The first-order valence-electron chi connectivity index (χ1n) is 9.83. The molecule has 0 aliphatic carbocycles. The van der Waals surface area contributed by atoms with Crippen LogP contribution >= 0.6 is 0 Å². The van der Waals surface area contributed by atoms with Gasteiger partial charge in [-0.15, -0.1) is 0 Å². The van der Waals surface area contributed by atoms with E-state index in [2.05, 4.69) is 16.5 Å². The molecule has 0 radical (unpaired) electrons. The third-order valence-electron chi connectivity index (χ3n) is 4.98. The molecule has 0 atom stereocenters. The Balaban J connectivity index is 2.00. The molecule has 0 unspecified atom stereocenters. The lowest BCUT2D eigenvalue weighted by atomic mass is 9.86. The lowest BCUT2D eigenvalue weighted by molar-refractivity contribution is 0.0952. The number of allylic oxidation sites excluding steroid dienone is 2. The number of aryl methyl sites for hydroxylation is 2. The number of hydrogen-bond donors (Lipinski definition) is 1. The maximum Gasteiger partial charge on any atom is 0.275 e. The van der Waals surface area contributed by atoms with Crippen molar-refractivity contribution in [3.8, 4) is 17.2 Å². The van der Waals surface area contributed by atoms with Crippen molar-refractivity contribution in [2.45, 2.75) is 27.7 Å². The smallest absolute Gasteiger partial charge is 0.275 e. The van der Waals surface area contributed by atoms with Gasteiger partial charge in [0.2, 0.25) is 0 Å². The van der Waals surface area contributed by atoms with Crippen molar-refractivity contribution >= 4 is 11.5 Å². The van der Waals surface area contributed by atoms with Gasteiger partial charge in [-0.3, -0.25) is 9.48 Å². The Labute approximate surface area is 177 Å². The molecule has 30 heavy (non-hydrogen) atoms. The van der Waals surface area contributed by atoms with Crippen molar-refractivity contribution in [1.82, 2.24) is 15.1 Å². The van der Waals surface area contributed by atoms with E-state index in [0.29, 0.717) is 17.0 Å². The number of carbonyl (C=O) groups excluding carboxylic acids is 1. The topological polar surface area (TPSA) is 70.7 Å². The van der Waals surface area contributed by atoms with Crippen molar-refractivity contribution in [1.29, 1.82) is 5.26 Å². The minimum absolute atomic E-state index is 0.322. The molecule has 0 aliphatic rings. The number of nitriles is 1. The van der Waals surface area contributed by atoms with E-state index >= 15 is 0 Å². The largest absolute Gasteiger partial charge is 0.322 e. The molecule has 1 amide bonds. The van der Waals surface area contributed by atoms with E-state index in [1.54, 1.807) is 17.8 Å². The molecular formula is C25H26N4O. The van der Waals surface area contributed by atoms with E-state index in [0.717, 1.165) is 22.4 Å². The van der Waals surface area contributed by atoms with E-state index in [-0.39, 0.29) is 5.91 Å². The molecule has 5 heteroatoms. The molecule has 0 saturated heterocycles. The van der Waals surface area contributed by atoms with Gasteiger partial charge in [0.1, 0.15) is 6.07 Å². The zero-order valence-electron chi connectivity index (χ0n) is 18.0. The molecule has 3 aromatic rings. The van der Waals surface area contributed by atoms with Gasteiger partial charge >= 0.3 is 0 Å². The van der Waals surface area contributed by atoms with Crippen LogP contribution in [0.2, 0.25) is 0 Å². The van der Waals surface area contributed by atoms with Crippen LogP contribution in [0.4, 0.5) is 0 Å². The minimum Gasteiger partial charge on any atom is -0.322 e. The summed E-state index contributed by atoms with van der Waals surface area (Å²) in [4.78, 5) is 12.8. The number of aromatic nitrogens is 2. The van der Waals surface area contributed by atoms with Crippen LogP contribution in [0.3, 0.4) is 0 Å². The Morgan fingerprint density at radius 1 is 1.03 bits per heavy atom. The Hall–Kier alpha value is -3.65. The second kappa shape index (κ2) is 8.38. The standard InChI is InChI=1S/C25H26N4O/c1-17-15-22(28-29(17)5)24(30)27-23(25(2,3)4)21(16-26)20-13-11-19(12-14-20)18-9-7-6-8-10-18/h6-15H,1-5H3,(H,27,30)/b23-21-. The molecule has 5 nitrogen and oxygen atoms in total. The fourth-order valence-electron chi connectivity index (χ4n) is 3.20. The first-order chi connectivity index (χ1) is 14.2. The Morgan fingerprint density at radius 3 is 2.13 bits per heavy atom. The summed E-state index contributed by atoms with van der Waals surface area (Å²) in [7, 11) is 1.79. The molecule has 1 heterocycles. The van der Waals surface area contributed by atoms with Gasteiger partial charge in [-0.1, -0.05) is 75.4 Å². The van der Waals surface area contributed by atoms with Crippen LogP contribution in [-0.2, 0) is 7.05 Å². The summed E-state index contributed by atoms with van der Waals surface area (Å²) in [5.41, 5.74) is 4.74. The third kappa shape index (κ3) is 4.49. The van der Waals surface area contributed by atoms with Gasteiger partial charge < -0.3 is 5.32 Å². The van der Waals surface area contributed by atoms with Crippen molar-refractivity contribution in [3.05, 3.63) is 83.3 Å². The summed E-state index contributed by atoms with van der Waals surface area (Å²) in [6.07, 6.45) is 0. The zero-order chi connectivity index (χ0) is 21.9. The molecular weight excluding hydrogens is 372 g/mol. The molecule has 152 valence electrons. The number of rotatable bonds is 4. The number of benzene rings is 2. The lowest BCUT2D eigenvalue weighted by Crippen LogP contribution is -2.31. The molecule has 3 rings (SSSR count). The van der Waals surface area contributed by atoms with Crippen molar-refractivity contribution in [3.63, 3.8) is 0 Å². The van der Waals surface area contributed by atoms with Crippen molar-refractivity contribution in [2.24, 2.45) is 12.5 Å². The highest BCUT2D eigenvalue weighted by atomic mass is 16.2. The van der Waals surface area contributed by atoms with E-state index < -0.39 is 5.41 Å². The minimum atomic E-state index is -0.442. The molecule has 1 aromatic heterocycles. The molecule has 0 bridgehead atoms. The molecule has 0 saturated carbocycles. The second-order valence-electron chi connectivity index (χ2n) is 8.30. The van der Waals surface area contributed by atoms with Crippen LogP contribution < -0.4 is 5.32 Å². The second-order valence-corrected chi connectivity index (χ2v) is 8.30. The maximum absolute atomic E-state index is 12.8. The average Bonchev–Trinajstić information content (AvgIpc) is 3.07. The van der Waals surface area contributed by atoms with E-state index in [1.807, 2.05) is 82.3 Å². The van der Waals surface area contributed by atoms with Gasteiger partial charge in [-0.2, -0.15) is 10.4 Å². The summed E-state index contributed by atoms with van der Waals surface area (Å²) in [5.74, 6) is -0.322. The lowest BCUT2D eigenvalue weighted by Gasteiger charge is -2.25. The summed E-state index contributed by atoms with van der Waals surface area (Å²) in [5, 5.41) is 17.2. The van der Waals surface area contributed by atoms with E-state index in [1.165, 1.54) is 0 Å². The first-order valence-corrected chi connectivity index (χ1v) is 9.83. The fraction of sp³-hybridized carbons (Fsp3) is 0.240. The SMILES string of the molecule is Cc1cc(C(=O)N/C(=C(/C#N)c2ccc(-c3ccccc3)cc2)C(C)(C)C)nn1C. The Morgan fingerprint density at radius 2 is 1.63 bits per heavy atom. The number of amides is 1. The molecule has 0 aliphatic heterocycles. The Kier molecular flexibility index (Phi) is 5.89. The number of hydrogen-bond acceptors (Lipinski definition) is 3. The molecule has 2 aromatic carbocycles. The highest BCUT2D eigenvalue weighted by molar-refractivity contribution is 5.95.